The van der Waals surface area contributed by atoms with Crippen molar-refractivity contribution < 1.29 is 6.17 Å². The zero-order valence-corrected chi connectivity index (χ0v) is 7.29. The predicted octanol–water partition coefficient (Wildman–Crippen LogP) is 0.396. The molecule has 0 fully saturated rings. The number of hydrogen-bond acceptors (Lipinski definition) is 2. The molecule has 0 aromatic heterocycles. The maximum Gasteiger partial charge on any atom is 0.182 e. The number of Topliss-reactive ketones (excluding diaryl/α,β-unsaturated/α-hetero) is 1. The molecule has 1 N–H and O–H groups in total. The van der Waals surface area contributed by atoms with Crippen LogP contribution in [-0.2, 0) is 0 Å². The number of carbonyl (C=O) groups excluding carboxylic acids is 1. The smallest absolute Gasteiger partial charge is 0.182 e. The van der Waals surface area contributed by atoms with Crippen LogP contribution in [0.15, 0.2) is 30.3 Å². The van der Waals surface area contributed by atoms with E-state index >= 15 is 0 Å². The van der Waals surface area contributed by atoms with E-state index in [0.29, 0.717) is 11.6 Å². The summed E-state index contributed by atoms with van der Waals surface area (Å²) < 4.78 is 7.26. The van der Waals surface area contributed by atoms with Gasteiger partial charge in [-0.05, 0) is 6.92 Å². The molecule has 62 valence electrons. The Morgan fingerprint density at radius 1 is 1.67 bits per heavy atom. The lowest BCUT2D eigenvalue weighted by Gasteiger charge is -2.08. The normalized spacial score (nSPS) is 13.6. The van der Waals surface area contributed by atoms with E-state index in [4.69, 9.17) is 1.37 Å². The second-order valence-electron chi connectivity index (χ2n) is 2.66. The molecule has 1 aromatic carbocycles. The molecule has 0 amide bonds. The quantitative estimate of drug-likeness (QED) is 0.514. The molecule has 0 aliphatic heterocycles. The zero-order chi connectivity index (χ0) is 9.84. The van der Waals surface area contributed by atoms with Crippen LogP contribution in [-0.4, -0.2) is 19.8 Å². The molecule has 0 aliphatic carbocycles. The summed E-state index contributed by atoms with van der Waals surface area (Å²) in [6, 6.07) is 6.85. The van der Waals surface area contributed by atoms with E-state index < -0.39 is 0 Å². The van der Waals surface area contributed by atoms with Crippen LogP contribution in [0.25, 0.3) is 0 Å². The van der Waals surface area contributed by atoms with E-state index in [-0.39, 0.29) is 11.8 Å². The van der Waals surface area contributed by atoms with Gasteiger partial charge >= 0.3 is 0 Å². The number of nitrogens with one attached hydrogen (secondary N) is 1. The number of carbonyl (C=O) groups is 1. The fraction of sp³-hybridized carbons (Fsp3) is 0.222. The molecule has 0 radical (unpaired) electrons. The monoisotopic (exact) mass is 162 g/mol. The van der Waals surface area contributed by atoms with Crippen molar-refractivity contribution in [3.05, 3.63) is 35.9 Å². The van der Waals surface area contributed by atoms with Crippen LogP contribution in [0.1, 0.15) is 18.7 Å². The second kappa shape index (κ2) is 4.07. The highest BCUT2D eigenvalue weighted by Crippen LogP contribution is 2.02. The number of hydrogen-bond donors (Lipinski definition) is 1. The van der Waals surface area contributed by atoms with Gasteiger partial charge in [-0.2, -0.15) is 0 Å². The Kier molecular flexibility index (Phi) is 2.56. The lowest BCUT2D eigenvalue weighted by Crippen LogP contribution is -2.31. The van der Waals surface area contributed by atoms with Gasteiger partial charge in [0.25, 0.3) is 0 Å². The van der Waals surface area contributed by atoms with Gasteiger partial charge in [-0.3, -0.25) is 4.79 Å². The third-order valence-corrected chi connectivity index (χ3v) is 1.83. The van der Waals surface area contributed by atoms with Crippen LogP contribution in [0, 0.1) is 0 Å². The minimum Gasteiger partial charge on any atom is -0.353 e. The van der Waals surface area contributed by atoms with Crippen molar-refractivity contribution in [3.8, 4) is 0 Å². The molecule has 12 heavy (non-hydrogen) atoms. The molecule has 0 saturated heterocycles. The summed E-state index contributed by atoms with van der Waals surface area (Å²) in [4.78, 5) is 11.6. The van der Waals surface area contributed by atoms with Crippen molar-refractivity contribution in [2.24, 2.45) is 0 Å². The summed E-state index contributed by atoms with van der Waals surface area (Å²) >= 11 is 0. The number of rotatable bonds is 3. The van der Waals surface area contributed by atoms with Crippen LogP contribution >= 0.6 is 0 Å². The summed E-state index contributed by atoms with van der Waals surface area (Å²) in [5.41, 5.74) is 0.651. The highest BCUT2D eigenvalue weighted by molar-refractivity contribution is 6.09. The van der Waals surface area contributed by atoms with Gasteiger partial charge in [-0.1, -0.05) is 30.3 Å². The Balaban J connectivity index is 2.83. The standard InChI is InChI=1S/C9H12BNO/c1-7(11-10)9(12)8-5-3-2-4-6-8/h2-7,11H,10H2,1H3/i2D. The van der Waals surface area contributed by atoms with E-state index in [1.165, 1.54) is 0 Å². The molecule has 1 rings (SSSR count). The van der Waals surface area contributed by atoms with E-state index in [1.807, 2.05) is 6.92 Å². The third kappa shape index (κ3) is 1.95. The summed E-state index contributed by atoms with van der Waals surface area (Å²) in [7, 11) is 1.75. The van der Waals surface area contributed by atoms with Gasteiger partial charge < -0.3 is 5.23 Å². The molecule has 1 atom stereocenters. The summed E-state index contributed by atoms with van der Waals surface area (Å²) in [6.45, 7) is 1.82. The van der Waals surface area contributed by atoms with Gasteiger partial charge in [0, 0.05) is 5.56 Å². The molecule has 0 bridgehead atoms. The highest BCUT2D eigenvalue weighted by atomic mass is 16.1. The fourth-order valence-corrected chi connectivity index (χ4v) is 0.932. The van der Waals surface area contributed by atoms with Crippen molar-refractivity contribution >= 4 is 13.8 Å². The second-order valence-corrected chi connectivity index (χ2v) is 2.66. The minimum atomic E-state index is -0.170. The van der Waals surface area contributed by atoms with Crippen molar-refractivity contribution in [1.82, 2.24) is 5.23 Å². The first-order valence-corrected chi connectivity index (χ1v) is 3.93. The Labute approximate surface area is 74.8 Å². The SMILES string of the molecule is [2H]c1ccc(C(=O)C(C)NB)cc1. The maximum absolute atomic E-state index is 11.6. The molecule has 0 spiro atoms. The van der Waals surface area contributed by atoms with Gasteiger partial charge in [0.05, 0.1) is 7.41 Å². The van der Waals surface area contributed by atoms with E-state index in [0.717, 1.165) is 0 Å². The third-order valence-electron chi connectivity index (χ3n) is 1.83. The summed E-state index contributed by atoms with van der Waals surface area (Å²) in [5.74, 6) is 0.0579. The maximum atomic E-state index is 11.6. The lowest BCUT2D eigenvalue weighted by atomic mass is 10.0. The van der Waals surface area contributed by atoms with E-state index in [1.54, 1.807) is 32.2 Å². The molecule has 2 nitrogen and oxygen atoms in total. The largest absolute Gasteiger partial charge is 0.353 e. The van der Waals surface area contributed by atoms with Crippen LogP contribution in [0.5, 0.6) is 0 Å². The Morgan fingerprint density at radius 2 is 2.25 bits per heavy atom. The van der Waals surface area contributed by atoms with Gasteiger partial charge in [0.2, 0.25) is 0 Å². The first-order chi connectivity index (χ1) is 6.15. The molecule has 0 aliphatic rings. The minimum absolute atomic E-state index is 0.0579. The lowest BCUT2D eigenvalue weighted by molar-refractivity contribution is 0.0961. The van der Waals surface area contributed by atoms with Gasteiger partial charge in [0.1, 0.15) is 0 Å². The van der Waals surface area contributed by atoms with Crippen LogP contribution in [0.3, 0.4) is 0 Å². The molecule has 1 aromatic rings. The van der Waals surface area contributed by atoms with Gasteiger partial charge in [-0.25, -0.2) is 0 Å². The Morgan fingerprint density at radius 3 is 2.75 bits per heavy atom. The van der Waals surface area contributed by atoms with E-state index in [2.05, 4.69) is 5.23 Å². The molecule has 3 heteroatoms. The number of benzene rings is 1. The van der Waals surface area contributed by atoms with E-state index in [9.17, 15) is 4.79 Å². The van der Waals surface area contributed by atoms with Gasteiger partial charge in [0.15, 0.2) is 13.8 Å². The number of ketones is 1. The Hall–Kier alpha value is -1.09. The van der Waals surface area contributed by atoms with Crippen LogP contribution < -0.4 is 5.23 Å². The molecule has 0 heterocycles. The average molecular weight is 162 g/mol. The molecule has 0 saturated carbocycles. The average Bonchev–Trinajstić information content (AvgIpc) is 2.17. The predicted molar refractivity (Wildman–Crippen MR) is 51.9 cm³/mol. The first kappa shape index (κ1) is 7.56. The first-order valence-electron chi connectivity index (χ1n) is 4.43. The summed E-state index contributed by atoms with van der Waals surface area (Å²) in [6.07, 6.45) is 0. The van der Waals surface area contributed by atoms with Crippen molar-refractivity contribution in [3.63, 3.8) is 0 Å². The van der Waals surface area contributed by atoms with Gasteiger partial charge in [-0.15, -0.1) is 0 Å². The van der Waals surface area contributed by atoms with Crippen molar-refractivity contribution in [1.29, 1.82) is 0 Å². The van der Waals surface area contributed by atoms with Crippen molar-refractivity contribution in [2.75, 3.05) is 0 Å². The molecular weight excluding hydrogens is 149 g/mol. The zero-order valence-electron chi connectivity index (χ0n) is 8.29. The highest BCUT2D eigenvalue weighted by Gasteiger charge is 2.10. The fourth-order valence-electron chi connectivity index (χ4n) is 0.932. The summed E-state index contributed by atoms with van der Waals surface area (Å²) in [5, 5.41) is 2.88. The molecular formula is C9H12BNO. The molecule has 1 unspecified atom stereocenters. The topological polar surface area (TPSA) is 29.1 Å². The van der Waals surface area contributed by atoms with Crippen LogP contribution in [0.2, 0.25) is 0 Å². The van der Waals surface area contributed by atoms with Crippen molar-refractivity contribution in [2.45, 2.75) is 13.0 Å². The van der Waals surface area contributed by atoms with Crippen LogP contribution in [0.4, 0.5) is 0 Å². The Bertz CT molecular complexity index is 299.